The van der Waals surface area contributed by atoms with Gasteiger partial charge in [-0.15, -0.1) is 0 Å². The Morgan fingerprint density at radius 3 is 3.00 bits per heavy atom. The van der Waals surface area contributed by atoms with Crippen molar-refractivity contribution in [2.75, 3.05) is 0 Å². The molecule has 0 spiro atoms. The van der Waals surface area contributed by atoms with Crippen LogP contribution in [-0.4, -0.2) is 12.1 Å². The lowest BCUT2D eigenvalue weighted by Crippen LogP contribution is -2.31. The van der Waals surface area contributed by atoms with Gasteiger partial charge in [0.2, 0.25) is 0 Å². The van der Waals surface area contributed by atoms with E-state index in [2.05, 4.69) is 13.0 Å². The number of allylic oxidation sites excluding steroid dienone is 1. The molecule has 84 valence electrons. The van der Waals surface area contributed by atoms with E-state index in [0.29, 0.717) is 5.41 Å². The first-order chi connectivity index (χ1) is 7.10. The highest BCUT2D eigenvalue weighted by Crippen LogP contribution is 2.47. The molecule has 0 aromatic heterocycles. The van der Waals surface area contributed by atoms with Crippen molar-refractivity contribution in [1.82, 2.24) is 0 Å². The third-order valence-corrected chi connectivity index (χ3v) is 3.88. The molecule has 0 N–H and O–H groups in total. The molecule has 2 nitrogen and oxygen atoms in total. The van der Waals surface area contributed by atoms with Gasteiger partial charge in [0.15, 0.2) is 0 Å². The van der Waals surface area contributed by atoms with E-state index < -0.39 is 0 Å². The molecule has 2 aliphatic rings. The summed E-state index contributed by atoms with van der Waals surface area (Å²) in [6, 6.07) is 0. The Kier molecular flexibility index (Phi) is 2.85. The first-order valence-corrected chi connectivity index (χ1v) is 5.98. The Hall–Kier alpha value is -0.790. The molecule has 0 saturated heterocycles. The minimum atomic E-state index is -0.156. The lowest BCUT2D eigenvalue weighted by Gasteiger charge is -2.41. The van der Waals surface area contributed by atoms with E-state index in [1.54, 1.807) is 0 Å². The lowest BCUT2D eigenvalue weighted by atomic mass is 9.66. The van der Waals surface area contributed by atoms with E-state index in [-0.39, 0.29) is 12.1 Å². The SMILES string of the molecule is CC(=O)O[C@H]1C=C2CCCC[C@]2(C)CC1. The summed E-state index contributed by atoms with van der Waals surface area (Å²) in [7, 11) is 0. The van der Waals surface area contributed by atoms with Crippen LogP contribution in [0.15, 0.2) is 11.6 Å². The van der Waals surface area contributed by atoms with Crippen LogP contribution in [0.2, 0.25) is 0 Å². The molecular formula is C13H20O2. The second kappa shape index (κ2) is 3.99. The average molecular weight is 208 g/mol. The summed E-state index contributed by atoms with van der Waals surface area (Å²) in [4.78, 5) is 10.9. The van der Waals surface area contributed by atoms with Gasteiger partial charge in [-0.1, -0.05) is 18.9 Å². The third-order valence-electron chi connectivity index (χ3n) is 3.88. The van der Waals surface area contributed by atoms with E-state index in [1.165, 1.54) is 44.6 Å². The number of rotatable bonds is 1. The van der Waals surface area contributed by atoms with Crippen molar-refractivity contribution in [3.8, 4) is 0 Å². The number of ether oxygens (including phenoxy) is 1. The number of carbonyl (C=O) groups is 1. The minimum absolute atomic E-state index is 0.0451. The average Bonchev–Trinajstić information content (AvgIpc) is 2.17. The van der Waals surface area contributed by atoms with Gasteiger partial charge in [-0.25, -0.2) is 0 Å². The normalized spacial score (nSPS) is 35.3. The number of hydrogen-bond acceptors (Lipinski definition) is 2. The summed E-state index contributed by atoms with van der Waals surface area (Å²) >= 11 is 0. The molecule has 0 unspecified atom stereocenters. The molecule has 0 heterocycles. The van der Waals surface area contributed by atoms with Crippen LogP contribution in [0.25, 0.3) is 0 Å². The van der Waals surface area contributed by atoms with Crippen LogP contribution in [0, 0.1) is 5.41 Å². The third kappa shape index (κ3) is 2.24. The summed E-state index contributed by atoms with van der Waals surface area (Å²) in [5.74, 6) is -0.156. The fourth-order valence-corrected chi connectivity index (χ4v) is 2.94. The topological polar surface area (TPSA) is 26.3 Å². The van der Waals surface area contributed by atoms with E-state index >= 15 is 0 Å². The number of fused-ring (bicyclic) bond motifs is 1. The predicted molar refractivity (Wildman–Crippen MR) is 59.4 cm³/mol. The summed E-state index contributed by atoms with van der Waals surface area (Å²) in [6.45, 7) is 3.86. The molecule has 0 aromatic rings. The van der Waals surface area contributed by atoms with Crippen molar-refractivity contribution in [3.63, 3.8) is 0 Å². The van der Waals surface area contributed by atoms with E-state index in [1.807, 2.05) is 0 Å². The molecule has 2 atom stereocenters. The van der Waals surface area contributed by atoms with Crippen LogP contribution in [-0.2, 0) is 9.53 Å². The van der Waals surface area contributed by atoms with Crippen LogP contribution < -0.4 is 0 Å². The summed E-state index contributed by atoms with van der Waals surface area (Å²) in [5.41, 5.74) is 1.95. The van der Waals surface area contributed by atoms with Crippen LogP contribution in [0.5, 0.6) is 0 Å². The maximum atomic E-state index is 10.9. The first-order valence-electron chi connectivity index (χ1n) is 5.98. The molecule has 0 aliphatic heterocycles. The summed E-state index contributed by atoms with van der Waals surface area (Å²) < 4.78 is 5.27. The van der Waals surface area contributed by atoms with Gasteiger partial charge >= 0.3 is 5.97 Å². The Morgan fingerprint density at radius 1 is 1.47 bits per heavy atom. The van der Waals surface area contributed by atoms with Gasteiger partial charge in [-0.05, 0) is 43.6 Å². The summed E-state index contributed by atoms with van der Waals surface area (Å²) in [6.07, 6.45) is 9.60. The van der Waals surface area contributed by atoms with Gasteiger partial charge in [0.25, 0.3) is 0 Å². The van der Waals surface area contributed by atoms with Gasteiger partial charge in [0.1, 0.15) is 6.10 Å². The van der Waals surface area contributed by atoms with Gasteiger partial charge in [0, 0.05) is 6.92 Å². The highest BCUT2D eigenvalue weighted by molar-refractivity contribution is 5.66. The highest BCUT2D eigenvalue weighted by atomic mass is 16.5. The van der Waals surface area contributed by atoms with Gasteiger partial charge in [-0.3, -0.25) is 4.79 Å². The lowest BCUT2D eigenvalue weighted by molar-refractivity contribution is -0.145. The molecule has 0 bridgehead atoms. The second-order valence-electron chi connectivity index (χ2n) is 5.15. The summed E-state index contributed by atoms with van der Waals surface area (Å²) in [5, 5.41) is 0. The van der Waals surface area contributed by atoms with Crippen LogP contribution >= 0.6 is 0 Å². The molecule has 15 heavy (non-hydrogen) atoms. The number of esters is 1. The fourth-order valence-electron chi connectivity index (χ4n) is 2.94. The smallest absolute Gasteiger partial charge is 0.303 e. The van der Waals surface area contributed by atoms with Crippen molar-refractivity contribution in [1.29, 1.82) is 0 Å². The van der Waals surface area contributed by atoms with E-state index in [9.17, 15) is 4.79 Å². The highest BCUT2D eigenvalue weighted by Gasteiger charge is 2.35. The van der Waals surface area contributed by atoms with Crippen molar-refractivity contribution in [3.05, 3.63) is 11.6 Å². The van der Waals surface area contributed by atoms with Crippen LogP contribution in [0.4, 0.5) is 0 Å². The molecule has 1 saturated carbocycles. The Balaban J connectivity index is 2.11. The zero-order chi connectivity index (χ0) is 10.9. The maximum Gasteiger partial charge on any atom is 0.303 e. The van der Waals surface area contributed by atoms with E-state index in [0.717, 1.165) is 6.42 Å². The number of carbonyl (C=O) groups excluding carboxylic acids is 1. The Labute approximate surface area is 91.7 Å². The van der Waals surface area contributed by atoms with Gasteiger partial charge in [-0.2, -0.15) is 0 Å². The van der Waals surface area contributed by atoms with Crippen LogP contribution in [0.1, 0.15) is 52.4 Å². The molecule has 0 aromatic carbocycles. The monoisotopic (exact) mass is 208 g/mol. The molecule has 0 amide bonds. The molecule has 1 fully saturated rings. The molecule has 2 rings (SSSR count). The van der Waals surface area contributed by atoms with Crippen LogP contribution in [0.3, 0.4) is 0 Å². The number of hydrogen-bond donors (Lipinski definition) is 0. The van der Waals surface area contributed by atoms with Gasteiger partial charge < -0.3 is 4.74 Å². The fraction of sp³-hybridized carbons (Fsp3) is 0.769. The van der Waals surface area contributed by atoms with Crippen molar-refractivity contribution in [2.24, 2.45) is 5.41 Å². The molecular weight excluding hydrogens is 188 g/mol. The Bertz CT molecular complexity index is 293. The zero-order valence-corrected chi connectivity index (χ0v) is 9.71. The largest absolute Gasteiger partial charge is 0.458 e. The maximum absolute atomic E-state index is 10.9. The van der Waals surface area contributed by atoms with Crippen molar-refractivity contribution >= 4 is 5.97 Å². The first kappa shape index (κ1) is 10.7. The quantitative estimate of drug-likeness (QED) is 0.488. The molecule has 0 radical (unpaired) electrons. The molecule has 2 aliphatic carbocycles. The molecule has 2 heteroatoms. The Morgan fingerprint density at radius 2 is 2.27 bits per heavy atom. The standard InChI is InChI=1S/C13H20O2/c1-10(14)15-12-6-8-13(2)7-4-3-5-11(13)9-12/h9,12H,3-8H2,1-2H3/t12-,13-/m1/s1. The van der Waals surface area contributed by atoms with Gasteiger partial charge in [0.05, 0.1) is 0 Å². The predicted octanol–water partition coefficient (Wildman–Crippen LogP) is 3.22. The van der Waals surface area contributed by atoms with Crippen molar-refractivity contribution < 1.29 is 9.53 Å². The second-order valence-corrected chi connectivity index (χ2v) is 5.15. The van der Waals surface area contributed by atoms with Crippen molar-refractivity contribution in [2.45, 2.75) is 58.5 Å². The van der Waals surface area contributed by atoms with E-state index in [4.69, 9.17) is 4.74 Å². The zero-order valence-electron chi connectivity index (χ0n) is 9.71. The minimum Gasteiger partial charge on any atom is -0.458 e.